The SMILES string of the molecule is CC(=O)OCOC(=O)NC1=NC=NN2C1=CCC2[C@]1(C#N)O[C@H](COC(=O)[C@@H](N)C(C)(C)C)[C@@H](OC(O)CC2CCCCC2)[C@H]1O. The van der Waals surface area contributed by atoms with Gasteiger partial charge in [-0.1, -0.05) is 59.0 Å². The number of carbonyl (C=O) groups excluding carboxylic acids is 3. The van der Waals surface area contributed by atoms with Gasteiger partial charge in [0.2, 0.25) is 12.4 Å². The predicted octanol–water partition coefficient (Wildman–Crippen LogP) is 1.16. The molecule has 0 bridgehead atoms. The maximum Gasteiger partial charge on any atom is 0.415 e. The van der Waals surface area contributed by atoms with E-state index in [2.05, 4.69) is 26.2 Å². The summed E-state index contributed by atoms with van der Waals surface area (Å²) in [7, 11) is 0. The molecule has 1 saturated carbocycles. The molecule has 0 aromatic rings. The number of alkyl carbamates (subject to hydrolysis) is 1. The van der Waals surface area contributed by atoms with Crippen LogP contribution in [0.15, 0.2) is 21.9 Å². The fourth-order valence-electron chi connectivity index (χ4n) is 6.01. The van der Waals surface area contributed by atoms with Crippen LogP contribution in [0.1, 0.15) is 72.6 Å². The minimum absolute atomic E-state index is 0.0308. The Kier molecular flexibility index (Phi) is 11.4. The maximum absolute atomic E-state index is 12.8. The summed E-state index contributed by atoms with van der Waals surface area (Å²) in [6, 6.07) is 0.202. The van der Waals surface area contributed by atoms with Crippen LogP contribution in [0.3, 0.4) is 0 Å². The van der Waals surface area contributed by atoms with Crippen LogP contribution in [0.25, 0.3) is 0 Å². The monoisotopic (exact) mass is 648 g/mol. The first-order valence-electron chi connectivity index (χ1n) is 15.5. The molecule has 16 nitrogen and oxygen atoms in total. The largest absolute Gasteiger partial charge is 0.462 e. The molecule has 254 valence electrons. The Morgan fingerprint density at radius 1 is 1.24 bits per heavy atom. The van der Waals surface area contributed by atoms with Gasteiger partial charge in [0.25, 0.3) is 0 Å². The van der Waals surface area contributed by atoms with Crippen LogP contribution in [0.2, 0.25) is 0 Å². The molecule has 1 saturated heterocycles. The van der Waals surface area contributed by atoms with E-state index in [4.69, 9.17) is 24.7 Å². The number of amides is 1. The zero-order chi connectivity index (χ0) is 33.6. The molecule has 0 aromatic heterocycles. The van der Waals surface area contributed by atoms with Crippen LogP contribution < -0.4 is 11.1 Å². The highest BCUT2D eigenvalue weighted by molar-refractivity contribution is 6.09. The maximum atomic E-state index is 12.8. The lowest BCUT2D eigenvalue weighted by atomic mass is 9.86. The fraction of sp³-hybridized carbons (Fsp3) is 0.733. The van der Waals surface area contributed by atoms with E-state index < -0.39 is 79.1 Å². The number of aliphatic imine (C=N–C) groups is 1. The first-order chi connectivity index (χ1) is 21.8. The van der Waals surface area contributed by atoms with Crippen LogP contribution in [0.5, 0.6) is 0 Å². The second-order valence-corrected chi connectivity index (χ2v) is 13.0. The molecule has 1 aliphatic carbocycles. The summed E-state index contributed by atoms with van der Waals surface area (Å²) < 4.78 is 27.1. The van der Waals surface area contributed by atoms with Crippen molar-refractivity contribution in [3.05, 3.63) is 11.8 Å². The number of amidine groups is 1. The van der Waals surface area contributed by atoms with Crippen molar-refractivity contribution in [1.82, 2.24) is 10.3 Å². The molecule has 46 heavy (non-hydrogen) atoms. The smallest absolute Gasteiger partial charge is 0.415 e. The van der Waals surface area contributed by atoms with E-state index in [1.165, 1.54) is 5.01 Å². The Morgan fingerprint density at radius 3 is 2.61 bits per heavy atom. The number of nitrogens with zero attached hydrogens (tertiary/aromatic N) is 4. The van der Waals surface area contributed by atoms with Crippen molar-refractivity contribution in [2.24, 2.45) is 27.2 Å². The number of carbonyl (C=O) groups is 3. The van der Waals surface area contributed by atoms with Gasteiger partial charge in [-0.05, 0) is 17.8 Å². The predicted molar refractivity (Wildman–Crippen MR) is 160 cm³/mol. The molecule has 2 fully saturated rings. The quantitative estimate of drug-likeness (QED) is 0.193. The second-order valence-electron chi connectivity index (χ2n) is 13.0. The molecule has 16 heteroatoms. The molecule has 3 heterocycles. The molecule has 0 spiro atoms. The number of nitriles is 1. The highest BCUT2D eigenvalue weighted by Crippen LogP contribution is 2.43. The van der Waals surface area contributed by atoms with Crippen LogP contribution in [0.4, 0.5) is 4.79 Å². The summed E-state index contributed by atoms with van der Waals surface area (Å²) >= 11 is 0. The first-order valence-corrected chi connectivity index (χ1v) is 15.5. The summed E-state index contributed by atoms with van der Waals surface area (Å²) in [6.07, 6.45) is 2.20. The molecule has 2 unspecified atom stereocenters. The van der Waals surface area contributed by atoms with Gasteiger partial charge in [-0.15, -0.1) is 0 Å². The van der Waals surface area contributed by atoms with Gasteiger partial charge in [-0.3, -0.25) is 19.9 Å². The molecule has 1 amide bonds. The van der Waals surface area contributed by atoms with Crippen LogP contribution in [-0.2, 0) is 33.3 Å². The Morgan fingerprint density at radius 2 is 1.96 bits per heavy atom. The zero-order valence-electron chi connectivity index (χ0n) is 26.6. The van der Waals surface area contributed by atoms with Crippen LogP contribution in [-0.4, -0.2) is 101 Å². The Labute approximate surface area is 267 Å². The van der Waals surface area contributed by atoms with E-state index in [9.17, 15) is 29.9 Å². The number of fused-ring (bicyclic) bond motifs is 1. The molecule has 3 aliphatic heterocycles. The average Bonchev–Trinajstić information content (AvgIpc) is 3.55. The Hall–Kier alpha value is -3.62. The molecule has 0 aromatic carbocycles. The number of aliphatic hydroxyl groups is 2. The third kappa shape index (κ3) is 8.02. The summed E-state index contributed by atoms with van der Waals surface area (Å²) in [5.41, 5.74) is 3.80. The van der Waals surface area contributed by atoms with E-state index >= 15 is 0 Å². The molecule has 7 atom stereocenters. The number of hydrogen-bond donors (Lipinski definition) is 4. The molecular weight excluding hydrogens is 604 g/mol. The third-order valence-electron chi connectivity index (χ3n) is 8.64. The van der Waals surface area contributed by atoms with Gasteiger partial charge in [0, 0.05) is 13.3 Å². The Bertz CT molecular complexity index is 1270. The lowest BCUT2D eigenvalue weighted by Crippen LogP contribution is -2.57. The Balaban J connectivity index is 1.51. The number of hydrogen-bond acceptors (Lipinski definition) is 15. The summed E-state index contributed by atoms with van der Waals surface area (Å²) in [6.45, 7) is 5.53. The van der Waals surface area contributed by atoms with Crippen molar-refractivity contribution in [2.45, 2.75) is 115 Å². The zero-order valence-corrected chi connectivity index (χ0v) is 26.6. The van der Waals surface area contributed by atoms with Gasteiger partial charge < -0.3 is 39.6 Å². The first kappa shape index (κ1) is 35.2. The van der Waals surface area contributed by atoms with Gasteiger partial charge >= 0.3 is 18.0 Å². The average molecular weight is 649 g/mol. The normalized spacial score (nSPS) is 29.1. The summed E-state index contributed by atoms with van der Waals surface area (Å²) in [5, 5.41) is 41.3. The molecular formula is C30H44N6O10. The van der Waals surface area contributed by atoms with E-state index in [1.54, 1.807) is 26.8 Å². The van der Waals surface area contributed by atoms with Crippen molar-refractivity contribution in [2.75, 3.05) is 13.4 Å². The van der Waals surface area contributed by atoms with Gasteiger partial charge in [-0.25, -0.2) is 9.79 Å². The van der Waals surface area contributed by atoms with E-state index in [1.807, 2.05) is 0 Å². The van der Waals surface area contributed by atoms with Crippen molar-refractivity contribution >= 4 is 30.2 Å². The van der Waals surface area contributed by atoms with Crippen molar-refractivity contribution in [1.29, 1.82) is 5.26 Å². The number of esters is 2. The number of nitrogens with one attached hydrogen (secondary N) is 1. The van der Waals surface area contributed by atoms with Gasteiger partial charge in [0.15, 0.2) is 12.1 Å². The molecule has 4 rings (SSSR count). The third-order valence-corrected chi connectivity index (χ3v) is 8.64. The topological polar surface area (TPSA) is 228 Å². The highest BCUT2D eigenvalue weighted by Gasteiger charge is 2.63. The molecule has 5 N–H and O–H groups in total. The van der Waals surface area contributed by atoms with Crippen molar-refractivity contribution in [3.63, 3.8) is 0 Å². The second kappa shape index (κ2) is 14.9. The summed E-state index contributed by atoms with van der Waals surface area (Å²) in [4.78, 5) is 40.1. The minimum atomic E-state index is -1.98. The van der Waals surface area contributed by atoms with Crippen molar-refractivity contribution in [3.8, 4) is 6.07 Å². The number of hydrazone groups is 1. The van der Waals surface area contributed by atoms with Crippen LogP contribution in [0, 0.1) is 22.7 Å². The standard InChI is InChI=1S/C30H44N6O10/c1-17(37)43-16-44-28(41)35-26-19-10-11-21(36(19)34-15-33-26)30(14-31)25(39)23(45-22(38)12-18-8-6-5-7-9-18)20(46-30)13-42-27(40)24(32)29(2,3)4/h10,15,18,20-25,38-39H,5-9,11-13,16,32H2,1-4H3,(H,33,34,35,41)/t20-,21?,22?,23-,24-,25-,30+/m1/s1. The lowest BCUT2D eigenvalue weighted by Gasteiger charge is -2.37. The van der Waals surface area contributed by atoms with E-state index in [0.29, 0.717) is 12.1 Å². The number of nitrogens with two attached hydrogens (primary N) is 1. The number of rotatable bonds is 10. The van der Waals surface area contributed by atoms with Gasteiger partial charge in [0.05, 0.1) is 5.70 Å². The minimum Gasteiger partial charge on any atom is -0.462 e. The molecule has 4 aliphatic rings. The lowest BCUT2D eigenvalue weighted by molar-refractivity contribution is -0.183. The fourth-order valence-corrected chi connectivity index (χ4v) is 6.01. The van der Waals surface area contributed by atoms with Crippen LogP contribution >= 0.6 is 0 Å². The van der Waals surface area contributed by atoms with Gasteiger partial charge in [0.1, 0.15) is 49.4 Å². The van der Waals surface area contributed by atoms with Crippen molar-refractivity contribution < 1.29 is 48.3 Å². The van der Waals surface area contributed by atoms with E-state index in [-0.39, 0.29) is 18.2 Å². The van der Waals surface area contributed by atoms with E-state index in [0.717, 1.165) is 45.4 Å². The highest BCUT2D eigenvalue weighted by atomic mass is 16.7. The summed E-state index contributed by atoms with van der Waals surface area (Å²) in [5.74, 6) is -1.05. The molecule has 0 radical (unpaired) electrons. The number of aliphatic hydroxyl groups excluding tert-OH is 2. The van der Waals surface area contributed by atoms with Gasteiger partial charge in [-0.2, -0.15) is 10.4 Å². The number of ether oxygens (including phenoxy) is 5.